The first-order chi connectivity index (χ1) is 14.4. The summed E-state index contributed by atoms with van der Waals surface area (Å²) in [5.41, 5.74) is 0.221. The van der Waals surface area contributed by atoms with Gasteiger partial charge < -0.3 is 9.32 Å². The Balaban J connectivity index is 1.43. The van der Waals surface area contributed by atoms with Crippen LogP contribution < -0.4 is 0 Å². The van der Waals surface area contributed by atoms with E-state index in [1.54, 1.807) is 17.0 Å². The summed E-state index contributed by atoms with van der Waals surface area (Å²) < 4.78 is 46.4. The Bertz CT molecular complexity index is 1210. The van der Waals surface area contributed by atoms with Crippen molar-refractivity contribution in [3.05, 3.63) is 65.8 Å². The zero-order chi connectivity index (χ0) is 20.9. The zero-order valence-electron chi connectivity index (χ0n) is 15.8. The van der Waals surface area contributed by atoms with Crippen LogP contribution in [0.15, 0.2) is 53.1 Å². The van der Waals surface area contributed by atoms with Gasteiger partial charge in [0.15, 0.2) is 11.4 Å². The Morgan fingerprint density at radius 2 is 1.97 bits per heavy atom. The number of pyridine rings is 1. The zero-order valence-corrected chi connectivity index (χ0v) is 15.8. The molecule has 1 fully saturated rings. The number of amides is 1. The maximum absolute atomic E-state index is 13.1. The number of rotatable bonds is 2. The predicted molar refractivity (Wildman–Crippen MR) is 102 cm³/mol. The molecular formula is C21H17F3N4O2. The Morgan fingerprint density at radius 1 is 1.13 bits per heavy atom. The third kappa shape index (κ3) is 3.20. The summed E-state index contributed by atoms with van der Waals surface area (Å²) >= 11 is 0. The largest absolute Gasteiger partial charge is 0.451 e. The van der Waals surface area contributed by atoms with Crippen molar-refractivity contribution < 1.29 is 22.4 Å². The highest BCUT2D eigenvalue weighted by molar-refractivity contribution is 5.96. The fourth-order valence-corrected chi connectivity index (χ4v) is 3.97. The fourth-order valence-electron chi connectivity index (χ4n) is 3.97. The maximum Gasteiger partial charge on any atom is 0.417 e. The number of hydrogen-bond acceptors (Lipinski definition) is 4. The number of nitrogens with zero attached hydrogens (tertiary/aromatic N) is 4. The van der Waals surface area contributed by atoms with Crippen LogP contribution in [0.2, 0.25) is 0 Å². The van der Waals surface area contributed by atoms with Crippen LogP contribution in [0.1, 0.15) is 40.7 Å². The molecular weight excluding hydrogens is 397 g/mol. The number of halogens is 3. The van der Waals surface area contributed by atoms with Crippen LogP contribution in [0.5, 0.6) is 0 Å². The van der Waals surface area contributed by atoms with E-state index in [1.807, 2.05) is 18.2 Å². The number of hydrogen-bond donors (Lipinski definition) is 0. The number of carbonyl (C=O) groups is 1. The molecule has 3 aromatic heterocycles. The SMILES string of the molecule is O=C(c1cc2ccccc2o1)N1CCCC(c2nnc3ccc(C(F)(F)F)cn23)C1. The van der Waals surface area contributed by atoms with Crippen molar-refractivity contribution in [2.45, 2.75) is 24.9 Å². The average molecular weight is 414 g/mol. The van der Waals surface area contributed by atoms with Crippen LogP contribution in [-0.2, 0) is 6.18 Å². The lowest BCUT2D eigenvalue weighted by Gasteiger charge is -2.31. The number of alkyl halides is 3. The van der Waals surface area contributed by atoms with Crippen molar-refractivity contribution >= 4 is 22.5 Å². The molecule has 1 unspecified atom stereocenters. The quantitative estimate of drug-likeness (QED) is 0.484. The van der Waals surface area contributed by atoms with Crippen molar-refractivity contribution in [3.8, 4) is 0 Å². The van der Waals surface area contributed by atoms with E-state index in [-0.39, 0.29) is 17.6 Å². The molecule has 4 aromatic rings. The molecule has 6 nitrogen and oxygen atoms in total. The molecule has 1 atom stereocenters. The normalized spacial score (nSPS) is 17.7. The molecule has 9 heteroatoms. The van der Waals surface area contributed by atoms with Gasteiger partial charge in [-0.2, -0.15) is 13.2 Å². The highest BCUT2D eigenvalue weighted by atomic mass is 19.4. The molecule has 1 aliphatic rings. The molecule has 0 bridgehead atoms. The van der Waals surface area contributed by atoms with Crippen molar-refractivity contribution in [3.63, 3.8) is 0 Å². The van der Waals surface area contributed by atoms with Gasteiger partial charge in [-0.05, 0) is 37.1 Å². The summed E-state index contributed by atoms with van der Waals surface area (Å²) in [7, 11) is 0. The number of para-hydroxylation sites is 1. The van der Waals surface area contributed by atoms with E-state index >= 15 is 0 Å². The summed E-state index contributed by atoms with van der Waals surface area (Å²) in [4.78, 5) is 14.6. The second-order valence-electron chi connectivity index (χ2n) is 7.44. The fraction of sp³-hybridized carbons (Fsp3) is 0.286. The standard InChI is InChI=1S/C21H17F3N4O2/c22-21(23,24)15-7-8-18-25-26-19(28(18)12-15)14-5-3-9-27(11-14)20(29)17-10-13-4-1-2-6-16(13)30-17/h1-2,4,6-8,10,12,14H,3,5,9,11H2. The maximum atomic E-state index is 13.1. The first-order valence-corrected chi connectivity index (χ1v) is 9.60. The monoisotopic (exact) mass is 414 g/mol. The summed E-state index contributed by atoms with van der Waals surface area (Å²) in [5, 5.41) is 8.97. The minimum atomic E-state index is -4.45. The second-order valence-corrected chi connectivity index (χ2v) is 7.44. The van der Waals surface area contributed by atoms with E-state index in [0.717, 1.165) is 17.6 Å². The molecule has 0 spiro atoms. The molecule has 4 heterocycles. The number of benzene rings is 1. The van der Waals surface area contributed by atoms with Gasteiger partial charge in [-0.3, -0.25) is 9.20 Å². The molecule has 0 saturated carbocycles. The van der Waals surface area contributed by atoms with Crippen molar-refractivity contribution in [1.82, 2.24) is 19.5 Å². The molecule has 154 valence electrons. The average Bonchev–Trinajstić information content (AvgIpc) is 3.36. The lowest BCUT2D eigenvalue weighted by molar-refractivity contribution is -0.137. The van der Waals surface area contributed by atoms with Gasteiger partial charge in [-0.1, -0.05) is 18.2 Å². The van der Waals surface area contributed by atoms with Crippen LogP contribution in [0.4, 0.5) is 13.2 Å². The van der Waals surface area contributed by atoms with Crippen molar-refractivity contribution in [1.29, 1.82) is 0 Å². The van der Waals surface area contributed by atoms with Gasteiger partial charge in [-0.15, -0.1) is 10.2 Å². The van der Waals surface area contributed by atoms with Crippen LogP contribution in [0, 0.1) is 0 Å². The number of piperidine rings is 1. The summed E-state index contributed by atoms with van der Waals surface area (Å²) in [5.74, 6) is 0.228. The van der Waals surface area contributed by atoms with Gasteiger partial charge in [0.2, 0.25) is 0 Å². The van der Waals surface area contributed by atoms with E-state index in [0.29, 0.717) is 43.0 Å². The molecule has 1 amide bonds. The first-order valence-electron chi connectivity index (χ1n) is 9.60. The Kier molecular flexibility index (Phi) is 4.27. The lowest BCUT2D eigenvalue weighted by atomic mass is 9.97. The molecule has 1 aliphatic heterocycles. The third-order valence-corrected chi connectivity index (χ3v) is 5.47. The summed E-state index contributed by atoms with van der Waals surface area (Å²) in [6, 6.07) is 11.4. The Morgan fingerprint density at radius 3 is 2.77 bits per heavy atom. The number of furan rings is 1. The summed E-state index contributed by atoms with van der Waals surface area (Å²) in [6.45, 7) is 0.893. The molecule has 0 aliphatic carbocycles. The highest BCUT2D eigenvalue weighted by Crippen LogP contribution is 2.32. The summed E-state index contributed by atoms with van der Waals surface area (Å²) in [6.07, 6.45) is -2.01. The van der Waals surface area contributed by atoms with Gasteiger partial charge in [-0.25, -0.2) is 0 Å². The molecule has 0 radical (unpaired) electrons. The molecule has 1 saturated heterocycles. The molecule has 0 N–H and O–H groups in total. The van der Waals surface area contributed by atoms with E-state index in [1.165, 1.54) is 10.5 Å². The van der Waals surface area contributed by atoms with Crippen LogP contribution in [-0.4, -0.2) is 38.5 Å². The van der Waals surface area contributed by atoms with E-state index < -0.39 is 11.7 Å². The van der Waals surface area contributed by atoms with Gasteiger partial charge in [0.05, 0.1) is 5.56 Å². The number of carbonyl (C=O) groups excluding carboxylic acids is 1. The molecule has 30 heavy (non-hydrogen) atoms. The smallest absolute Gasteiger partial charge is 0.417 e. The van der Waals surface area contributed by atoms with Crippen molar-refractivity contribution in [2.75, 3.05) is 13.1 Å². The number of aromatic nitrogens is 3. The van der Waals surface area contributed by atoms with Gasteiger partial charge >= 0.3 is 6.18 Å². The van der Waals surface area contributed by atoms with E-state index in [2.05, 4.69) is 10.2 Å². The van der Waals surface area contributed by atoms with Crippen LogP contribution in [0.25, 0.3) is 16.6 Å². The van der Waals surface area contributed by atoms with E-state index in [4.69, 9.17) is 4.42 Å². The molecule has 1 aromatic carbocycles. The van der Waals surface area contributed by atoms with Crippen LogP contribution >= 0.6 is 0 Å². The minimum absolute atomic E-state index is 0.217. The van der Waals surface area contributed by atoms with Gasteiger partial charge in [0.1, 0.15) is 11.4 Å². The lowest BCUT2D eigenvalue weighted by Crippen LogP contribution is -2.39. The Hall–Kier alpha value is -3.36. The van der Waals surface area contributed by atoms with E-state index in [9.17, 15) is 18.0 Å². The first kappa shape index (κ1) is 18.7. The predicted octanol–water partition coefficient (Wildman–Crippen LogP) is 4.51. The topological polar surface area (TPSA) is 63.6 Å². The number of likely N-dealkylation sites (tertiary alicyclic amines) is 1. The van der Waals surface area contributed by atoms with Gasteiger partial charge in [0.25, 0.3) is 5.91 Å². The number of fused-ring (bicyclic) bond motifs is 2. The van der Waals surface area contributed by atoms with Crippen molar-refractivity contribution in [2.24, 2.45) is 0 Å². The second kappa shape index (κ2) is 6.86. The third-order valence-electron chi connectivity index (χ3n) is 5.47. The van der Waals surface area contributed by atoms with Crippen LogP contribution in [0.3, 0.4) is 0 Å². The molecule has 5 rings (SSSR count). The van der Waals surface area contributed by atoms with Gasteiger partial charge in [0, 0.05) is 30.6 Å². The minimum Gasteiger partial charge on any atom is -0.451 e. The highest BCUT2D eigenvalue weighted by Gasteiger charge is 2.33. The Labute approximate surface area is 168 Å².